The van der Waals surface area contributed by atoms with Crippen molar-refractivity contribution in [3.05, 3.63) is 57.8 Å². The summed E-state index contributed by atoms with van der Waals surface area (Å²) in [6, 6.07) is 8.23. The molecule has 0 aliphatic rings. The molecule has 2 aromatic rings. The molecule has 0 aliphatic heterocycles. The van der Waals surface area contributed by atoms with E-state index in [1.54, 1.807) is 37.3 Å². The van der Waals surface area contributed by atoms with Gasteiger partial charge < -0.3 is 9.84 Å². The molecule has 19 heavy (non-hydrogen) atoms. The number of aliphatic hydroxyl groups is 1. The number of rotatable bonds is 4. The van der Waals surface area contributed by atoms with Gasteiger partial charge in [0, 0.05) is 11.8 Å². The molecule has 0 saturated heterocycles. The van der Waals surface area contributed by atoms with Crippen LogP contribution in [0.5, 0.6) is 11.6 Å². The Bertz CT molecular complexity index is 613. The second-order valence-electron chi connectivity index (χ2n) is 3.95. The van der Waals surface area contributed by atoms with Gasteiger partial charge in [-0.05, 0) is 30.7 Å². The van der Waals surface area contributed by atoms with Crippen LogP contribution in [0.2, 0.25) is 0 Å². The zero-order valence-corrected chi connectivity index (χ0v) is 10.2. The molecular formula is C13H12N2O4. The average molecular weight is 260 g/mol. The van der Waals surface area contributed by atoms with Crippen molar-refractivity contribution in [3.8, 4) is 11.6 Å². The van der Waals surface area contributed by atoms with Crippen LogP contribution in [-0.2, 0) is 6.61 Å². The molecular weight excluding hydrogens is 248 g/mol. The van der Waals surface area contributed by atoms with E-state index in [4.69, 9.17) is 9.84 Å². The lowest BCUT2D eigenvalue weighted by Gasteiger charge is -2.07. The monoisotopic (exact) mass is 260 g/mol. The van der Waals surface area contributed by atoms with Crippen molar-refractivity contribution >= 4 is 5.69 Å². The van der Waals surface area contributed by atoms with Crippen LogP contribution in [0.4, 0.5) is 5.69 Å². The minimum atomic E-state index is -0.520. The van der Waals surface area contributed by atoms with Crippen molar-refractivity contribution < 1.29 is 14.8 Å². The van der Waals surface area contributed by atoms with Crippen LogP contribution in [0.3, 0.4) is 0 Å². The van der Waals surface area contributed by atoms with Gasteiger partial charge >= 0.3 is 5.69 Å². The summed E-state index contributed by atoms with van der Waals surface area (Å²) >= 11 is 0. The molecule has 1 N–H and O–H groups in total. The van der Waals surface area contributed by atoms with Gasteiger partial charge in [-0.3, -0.25) is 10.1 Å². The highest BCUT2D eigenvalue weighted by Gasteiger charge is 2.20. The molecule has 0 atom stereocenters. The van der Waals surface area contributed by atoms with Crippen LogP contribution in [0.15, 0.2) is 36.5 Å². The quantitative estimate of drug-likeness (QED) is 0.674. The van der Waals surface area contributed by atoms with Crippen molar-refractivity contribution in [2.45, 2.75) is 13.5 Å². The highest BCUT2D eigenvalue weighted by Crippen LogP contribution is 2.31. The number of nitrogens with zero attached hydrogens (tertiary/aromatic N) is 2. The normalized spacial score (nSPS) is 10.2. The Kier molecular flexibility index (Phi) is 3.72. The van der Waals surface area contributed by atoms with Crippen molar-refractivity contribution in [1.29, 1.82) is 0 Å². The molecule has 0 spiro atoms. The lowest BCUT2D eigenvalue weighted by atomic mass is 10.2. The van der Waals surface area contributed by atoms with Gasteiger partial charge in [0.15, 0.2) is 0 Å². The summed E-state index contributed by atoms with van der Waals surface area (Å²) in [4.78, 5) is 14.4. The van der Waals surface area contributed by atoms with Crippen molar-refractivity contribution in [1.82, 2.24) is 4.98 Å². The molecule has 6 heteroatoms. The third kappa shape index (κ3) is 2.86. The molecule has 0 amide bonds. The second-order valence-corrected chi connectivity index (χ2v) is 3.95. The Balaban J connectivity index is 2.38. The lowest BCUT2D eigenvalue weighted by Crippen LogP contribution is -1.98. The first kappa shape index (κ1) is 13.0. The van der Waals surface area contributed by atoms with E-state index in [9.17, 15) is 10.1 Å². The fourth-order valence-electron chi connectivity index (χ4n) is 1.64. The average Bonchev–Trinajstić information content (AvgIpc) is 2.38. The van der Waals surface area contributed by atoms with Gasteiger partial charge in [0.25, 0.3) is 5.88 Å². The van der Waals surface area contributed by atoms with E-state index in [1.165, 1.54) is 6.20 Å². The molecule has 6 nitrogen and oxygen atoms in total. The summed E-state index contributed by atoms with van der Waals surface area (Å²) in [5.41, 5.74) is 0.984. The molecule has 2 rings (SSSR count). The van der Waals surface area contributed by atoms with Crippen LogP contribution < -0.4 is 4.74 Å². The molecule has 1 aromatic heterocycles. The van der Waals surface area contributed by atoms with Crippen LogP contribution >= 0.6 is 0 Å². The first-order valence-corrected chi connectivity index (χ1v) is 5.59. The van der Waals surface area contributed by atoms with Gasteiger partial charge in [-0.15, -0.1) is 0 Å². The largest absolute Gasteiger partial charge is 0.434 e. The van der Waals surface area contributed by atoms with E-state index in [0.717, 1.165) is 0 Å². The van der Waals surface area contributed by atoms with Crippen LogP contribution in [0.1, 0.15) is 11.1 Å². The van der Waals surface area contributed by atoms with Crippen molar-refractivity contribution in [2.24, 2.45) is 0 Å². The van der Waals surface area contributed by atoms with E-state index in [2.05, 4.69) is 4.98 Å². The van der Waals surface area contributed by atoms with E-state index >= 15 is 0 Å². The van der Waals surface area contributed by atoms with Gasteiger partial charge in [0.1, 0.15) is 5.75 Å². The first-order chi connectivity index (χ1) is 9.11. The first-order valence-electron chi connectivity index (χ1n) is 5.59. The highest BCUT2D eigenvalue weighted by atomic mass is 16.6. The third-order valence-corrected chi connectivity index (χ3v) is 2.57. The van der Waals surface area contributed by atoms with E-state index in [0.29, 0.717) is 16.9 Å². The Hall–Kier alpha value is -2.47. The summed E-state index contributed by atoms with van der Waals surface area (Å²) in [6.07, 6.45) is 1.45. The van der Waals surface area contributed by atoms with Gasteiger partial charge in [-0.1, -0.05) is 12.1 Å². The number of benzene rings is 1. The van der Waals surface area contributed by atoms with E-state index in [-0.39, 0.29) is 18.2 Å². The van der Waals surface area contributed by atoms with E-state index in [1.807, 2.05) is 0 Å². The SMILES string of the molecule is Cc1ccnc(Oc2cccc(CO)c2)c1[N+](=O)[O-]. The summed E-state index contributed by atoms with van der Waals surface area (Å²) in [7, 11) is 0. The third-order valence-electron chi connectivity index (χ3n) is 2.57. The Labute approximate surface area is 109 Å². The number of nitro groups is 1. The number of aliphatic hydroxyl groups excluding tert-OH is 1. The molecule has 0 aliphatic carbocycles. The summed E-state index contributed by atoms with van der Waals surface area (Å²) in [5.74, 6) is 0.341. The molecule has 0 bridgehead atoms. The second kappa shape index (κ2) is 5.45. The molecule has 0 saturated carbocycles. The summed E-state index contributed by atoms with van der Waals surface area (Å²) in [5, 5.41) is 20.0. The zero-order chi connectivity index (χ0) is 13.8. The van der Waals surface area contributed by atoms with Crippen molar-refractivity contribution in [2.75, 3.05) is 0 Å². The fourth-order valence-corrected chi connectivity index (χ4v) is 1.64. The number of hydrogen-bond acceptors (Lipinski definition) is 5. The van der Waals surface area contributed by atoms with Crippen molar-refractivity contribution in [3.63, 3.8) is 0 Å². The zero-order valence-electron chi connectivity index (χ0n) is 10.2. The van der Waals surface area contributed by atoms with E-state index < -0.39 is 4.92 Å². The van der Waals surface area contributed by atoms with Crippen LogP contribution in [0, 0.1) is 17.0 Å². The maximum Gasteiger partial charge on any atom is 0.334 e. The van der Waals surface area contributed by atoms with Crippen LogP contribution in [0.25, 0.3) is 0 Å². The fraction of sp³-hybridized carbons (Fsp3) is 0.154. The Morgan fingerprint density at radius 1 is 1.42 bits per heavy atom. The number of ether oxygens (including phenoxy) is 1. The number of pyridine rings is 1. The number of aryl methyl sites for hydroxylation is 1. The number of aromatic nitrogens is 1. The summed E-state index contributed by atoms with van der Waals surface area (Å²) in [6.45, 7) is 1.50. The smallest absolute Gasteiger partial charge is 0.334 e. The summed E-state index contributed by atoms with van der Waals surface area (Å²) < 4.78 is 5.43. The Morgan fingerprint density at radius 2 is 2.21 bits per heavy atom. The maximum absolute atomic E-state index is 11.0. The van der Waals surface area contributed by atoms with Gasteiger partial charge in [-0.25, -0.2) is 4.98 Å². The maximum atomic E-state index is 11.0. The molecule has 1 aromatic carbocycles. The number of hydrogen-bond donors (Lipinski definition) is 1. The molecule has 0 radical (unpaired) electrons. The van der Waals surface area contributed by atoms with Gasteiger partial charge in [0.05, 0.1) is 11.5 Å². The van der Waals surface area contributed by atoms with Crippen LogP contribution in [-0.4, -0.2) is 15.0 Å². The minimum absolute atomic E-state index is 0.0555. The molecule has 1 heterocycles. The minimum Gasteiger partial charge on any atom is -0.434 e. The predicted molar refractivity (Wildman–Crippen MR) is 68.1 cm³/mol. The lowest BCUT2D eigenvalue weighted by molar-refractivity contribution is -0.386. The molecule has 98 valence electrons. The molecule has 0 fully saturated rings. The van der Waals surface area contributed by atoms with Gasteiger partial charge in [0.2, 0.25) is 0 Å². The standard InChI is InChI=1S/C13H12N2O4/c1-9-5-6-14-13(12(9)15(17)18)19-11-4-2-3-10(7-11)8-16/h2-7,16H,8H2,1H3. The molecule has 0 unspecified atom stereocenters. The topological polar surface area (TPSA) is 85.5 Å². The predicted octanol–water partition coefficient (Wildman–Crippen LogP) is 2.58. The van der Waals surface area contributed by atoms with Gasteiger partial charge in [-0.2, -0.15) is 0 Å². The Morgan fingerprint density at radius 3 is 2.89 bits per heavy atom. The highest BCUT2D eigenvalue weighted by molar-refractivity contribution is 5.49.